The first kappa shape index (κ1) is 15.3. The van der Waals surface area contributed by atoms with Crippen molar-refractivity contribution < 1.29 is 13.9 Å². The topological polar surface area (TPSA) is 29.5 Å². The van der Waals surface area contributed by atoms with Gasteiger partial charge in [0, 0.05) is 12.1 Å². The lowest BCUT2D eigenvalue weighted by Gasteiger charge is -2.46. The average Bonchev–Trinajstić information content (AvgIpc) is 2.72. The number of hydrogen-bond acceptors (Lipinski definition) is 3. The molecule has 2 bridgehead atoms. The summed E-state index contributed by atoms with van der Waals surface area (Å²) in [6.07, 6.45) is 5.27. The van der Waals surface area contributed by atoms with Crippen molar-refractivity contribution in [2.24, 2.45) is 23.7 Å². The summed E-state index contributed by atoms with van der Waals surface area (Å²) in [7, 11) is 3.65. The minimum Gasteiger partial charge on any atom is -0.469 e. The van der Waals surface area contributed by atoms with E-state index in [0.717, 1.165) is 25.7 Å². The molecule has 2 heterocycles. The van der Waals surface area contributed by atoms with Gasteiger partial charge in [-0.25, -0.2) is 4.39 Å². The molecule has 3 nitrogen and oxygen atoms in total. The predicted molar refractivity (Wildman–Crippen MR) is 79.6 cm³/mol. The molecule has 0 spiro atoms. The molecule has 0 N–H and O–H groups in total. The highest BCUT2D eigenvalue weighted by atomic mass is 19.1. The molecule has 0 aromatic rings. The molecule has 7 unspecified atom stereocenters. The molecule has 0 aromatic heterocycles. The molecule has 2 aliphatic heterocycles. The molecule has 21 heavy (non-hydrogen) atoms. The second-order valence-corrected chi connectivity index (χ2v) is 7.48. The second kappa shape index (κ2) is 5.86. The fourth-order valence-corrected chi connectivity index (χ4v) is 5.25. The number of carbonyl (C=O) groups is 1. The number of alkyl halides is 1. The van der Waals surface area contributed by atoms with Gasteiger partial charge in [-0.15, -0.1) is 0 Å². The Morgan fingerprint density at radius 1 is 1.19 bits per heavy atom. The molecule has 0 amide bonds. The highest BCUT2D eigenvalue weighted by molar-refractivity contribution is 5.74. The number of piperidine rings is 1. The van der Waals surface area contributed by atoms with E-state index in [-0.39, 0.29) is 17.8 Å². The van der Waals surface area contributed by atoms with Gasteiger partial charge in [0.15, 0.2) is 0 Å². The maximum absolute atomic E-state index is 13.8. The minimum absolute atomic E-state index is 0.00730. The Morgan fingerprint density at radius 3 is 2.62 bits per heavy atom. The Kier molecular flexibility index (Phi) is 4.26. The molecule has 3 fully saturated rings. The number of rotatable bonds is 2. The largest absolute Gasteiger partial charge is 0.469 e. The maximum atomic E-state index is 13.8. The van der Waals surface area contributed by atoms with E-state index in [1.165, 1.54) is 13.5 Å². The van der Waals surface area contributed by atoms with Crippen LogP contribution in [0.15, 0.2) is 0 Å². The van der Waals surface area contributed by atoms with E-state index in [1.54, 1.807) is 0 Å². The van der Waals surface area contributed by atoms with Crippen LogP contribution in [0.4, 0.5) is 4.39 Å². The third-order valence-corrected chi connectivity index (χ3v) is 6.50. The van der Waals surface area contributed by atoms with Crippen LogP contribution in [0.2, 0.25) is 0 Å². The van der Waals surface area contributed by atoms with Crippen molar-refractivity contribution in [3.05, 3.63) is 0 Å². The second-order valence-electron chi connectivity index (χ2n) is 7.48. The van der Waals surface area contributed by atoms with Crippen molar-refractivity contribution in [1.29, 1.82) is 0 Å². The van der Waals surface area contributed by atoms with Gasteiger partial charge in [-0.2, -0.15) is 0 Å². The summed E-state index contributed by atoms with van der Waals surface area (Å²) in [4.78, 5) is 14.8. The third kappa shape index (κ3) is 2.60. The maximum Gasteiger partial charge on any atom is 0.310 e. The molecular weight excluding hydrogens is 269 g/mol. The van der Waals surface area contributed by atoms with Gasteiger partial charge in [0.25, 0.3) is 0 Å². The summed E-state index contributed by atoms with van der Waals surface area (Å²) in [5.74, 6) is 0.965. The van der Waals surface area contributed by atoms with Crippen LogP contribution >= 0.6 is 0 Å². The molecule has 4 heteroatoms. The van der Waals surface area contributed by atoms with Crippen LogP contribution in [-0.4, -0.2) is 43.3 Å². The Bertz CT molecular complexity index is 402. The summed E-state index contributed by atoms with van der Waals surface area (Å²) in [6, 6.07) is 0.943. The molecule has 3 aliphatic rings. The lowest BCUT2D eigenvalue weighted by Crippen LogP contribution is -2.52. The molecule has 0 radical (unpaired) electrons. The number of esters is 1. The van der Waals surface area contributed by atoms with Gasteiger partial charge in [0.2, 0.25) is 0 Å². The van der Waals surface area contributed by atoms with Crippen LogP contribution in [0.1, 0.15) is 45.4 Å². The van der Waals surface area contributed by atoms with Crippen molar-refractivity contribution in [1.82, 2.24) is 4.90 Å². The molecule has 1 saturated carbocycles. The summed E-state index contributed by atoms with van der Waals surface area (Å²) in [5.41, 5.74) is 0. The molecule has 120 valence electrons. The van der Waals surface area contributed by atoms with Gasteiger partial charge in [-0.05, 0) is 63.3 Å². The van der Waals surface area contributed by atoms with Crippen LogP contribution in [-0.2, 0) is 9.53 Å². The van der Waals surface area contributed by atoms with Crippen LogP contribution in [0.25, 0.3) is 0 Å². The van der Waals surface area contributed by atoms with E-state index in [4.69, 9.17) is 4.74 Å². The highest BCUT2D eigenvalue weighted by Gasteiger charge is 2.51. The van der Waals surface area contributed by atoms with Crippen LogP contribution in [0, 0.1) is 23.7 Å². The quantitative estimate of drug-likeness (QED) is 0.734. The van der Waals surface area contributed by atoms with Crippen molar-refractivity contribution >= 4 is 5.97 Å². The smallest absolute Gasteiger partial charge is 0.310 e. The SMILES string of the molecule is COC(=O)C1C(C2CCC(F)C(C)C2)CC2CCC1N2C. The minimum atomic E-state index is -0.652. The molecular formula is C17H28FNO2. The van der Waals surface area contributed by atoms with E-state index in [9.17, 15) is 9.18 Å². The number of nitrogens with zero attached hydrogens (tertiary/aromatic N) is 1. The van der Waals surface area contributed by atoms with Gasteiger partial charge in [-0.3, -0.25) is 9.69 Å². The summed E-state index contributed by atoms with van der Waals surface area (Å²) < 4.78 is 18.9. The van der Waals surface area contributed by atoms with E-state index in [0.29, 0.717) is 30.3 Å². The zero-order chi connectivity index (χ0) is 15.1. The number of hydrogen-bond donors (Lipinski definition) is 0. The average molecular weight is 297 g/mol. The van der Waals surface area contributed by atoms with Crippen LogP contribution in [0.3, 0.4) is 0 Å². The van der Waals surface area contributed by atoms with Gasteiger partial charge in [-0.1, -0.05) is 6.92 Å². The number of methoxy groups -OCH3 is 1. The van der Waals surface area contributed by atoms with Gasteiger partial charge in [0.05, 0.1) is 13.0 Å². The number of ether oxygens (including phenoxy) is 1. The fraction of sp³-hybridized carbons (Fsp3) is 0.941. The van der Waals surface area contributed by atoms with Crippen LogP contribution in [0.5, 0.6) is 0 Å². The third-order valence-electron chi connectivity index (χ3n) is 6.50. The number of fused-ring (bicyclic) bond motifs is 2. The number of carbonyl (C=O) groups excluding carboxylic acids is 1. The Labute approximate surface area is 127 Å². The Hall–Kier alpha value is -0.640. The molecule has 2 saturated heterocycles. The van der Waals surface area contributed by atoms with Crippen molar-refractivity contribution in [3.8, 4) is 0 Å². The lowest BCUT2D eigenvalue weighted by molar-refractivity contribution is -0.154. The van der Waals surface area contributed by atoms with E-state index in [2.05, 4.69) is 11.9 Å². The standard InChI is InChI=1S/C17H28FNO2/c1-10-8-11(4-6-14(10)18)13-9-12-5-7-15(19(12)2)16(13)17(20)21-3/h10-16H,4-9H2,1-3H3. The molecule has 3 rings (SSSR count). The van der Waals surface area contributed by atoms with E-state index in [1.807, 2.05) is 6.92 Å². The molecule has 1 aliphatic carbocycles. The first-order chi connectivity index (χ1) is 10.0. The summed E-state index contributed by atoms with van der Waals surface area (Å²) in [6.45, 7) is 2.02. The first-order valence-corrected chi connectivity index (χ1v) is 8.46. The Morgan fingerprint density at radius 2 is 1.95 bits per heavy atom. The van der Waals surface area contributed by atoms with Gasteiger partial charge in [0.1, 0.15) is 6.17 Å². The zero-order valence-electron chi connectivity index (χ0n) is 13.4. The lowest BCUT2D eigenvalue weighted by atomic mass is 9.66. The van der Waals surface area contributed by atoms with E-state index < -0.39 is 6.17 Å². The van der Waals surface area contributed by atoms with Gasteiger partial charge < -0.3 is 4.74 Å². The summed E-state index contributed by atoms with van der Waals surface area (Å²) >= 11 is 0. The normalized spacial score (nSPS) is 47.3. The Balaban J connectivity index is 1.80. The highest BCUT2D eigenvalue weighted by Crippen LogP contribution is 2.49. The van der Waals surface area contributed by atoms with E-state index >= 15 is 0 Å². The first-order valence-electron chi connectivity index (χ1n) is 8.46. The zero-order valence-corrected chi connectivity index (χ0v) is 13.4. The number of halogens is 1. The summed E-state index contributed by atoms with van der Waals surface area (Å²) in [5, 5.41) is 0. The molecule has 7 atom stereocenters. The molecule has 0 aromatic carbocycles. The monoisotopic (exact) mass is 297 g/mol. The van der Waals surface area contributed by atoms with Crippen molar-refractivity contribution in [2.45, 2.75) is 63.7 Å². The van der Waals surface area contributed by atoms with Crippen molar-refractivity contribution in [2.75, 3.05) is 14.2 Å². The predicted octanol–water partition coefficient (Wildman–Crippen LogP) is 3.03. The van der Waals surface area contributed by atoms with Gasteiger partial charge >= 0.3 is 5.97 Å². The van der Waals surface area contributed by atoms with Crippen LogP contribution < -0.4 is 0 Å². The van der Waals surface area contributed by atoms with Crippen molar-refractivity contribution in [3.63, 3.8) is 0 Å². The fourth-order valence-electron chi connectivity index (χ4n) is 5.25.